The van der Waals surface area contributed by atoms with E-state index in [0.717, 1.165) is 6.42 Å². The van der Waals surface area contributed by atoms with Crippen molar-refractivity contribution in [2.75, 3.05) is 13.7 Å². The van der Waals surface area contributed by atoms with Crippen LogP contribution in [0.15, 0.2) is 35.7 Å². The largest absolute Gasteiger partial charge is 0.493 e. The number of nitrogen functional groups attached to an aromatic ring is 1. The van der Waals surface area contributed by atoms with E-state index < -0.39 is 0 Å². The van der Waals surface area contributed by atoms with Gasteiger partial charge in [0.2, 0.25) is 0 Å². The maximum absolute atomic E-state index is 7.39. The van der Waals surface area contributed by atoms with E-state index in [1.807, 2.05) is 6.07 Å². The lowest BCUT2D eigenvalue weighted by Gasteiger charge is -2.11. The van der Waals surface area contributed by atoms with Crippen molar-refractivity contribution in [2.24, 2.45) is 5.73 Å². The van der Waals surface area contributed by atoms with Crippen LogP contribution in [0, 0.1) is 5.41 Å². The minimum atomic E-state index is 0.0171. The fraction of sp³-hybridized carbons (Fsp3) is 0.214. The van der Waals surface area contributed by atoms with Crippen molar-refractivity contribution < 1.29 is 9.47 Å². The molecule has 0 fully saturated rings. The van der Waals surface area contributed by atoms with Crippen molar-refractivity contribution >= 4 is 17.2 Å². The Hall–Kier alpha value is -2.01. The third-order valence-electron chi connectivity index (χ3n) is 2.66. The van der Waals surface area contributed by atoms with Crippen molar-refractivity contribution in [3.63, 3.8) is 0 Å². The Bertz CT molecular complexity index is 553. The molecule has 0 saturated heterocycles. The first-order chi connectivity index (χ1) is 9.20. The Morgan fingerprint density at radius 2 is 2.16 bits per heavy atom. The zero-order valence-electron chi connectivity index (χ0n) is 10.7. The molecule has 19 heavy (non-hydrogen) atoms. The second-order valence-electron chi connectivity index (χ2n) is 3.96. The van der Waals surface area contributed by atoms with Crippen LogP contribution in [-0.4, -0.2) is 19.6 Å². The van der Waals surface area contributed by atoms with Gasteiger partial charge in [-0.15, -0.1) is 11.3 Å². The predicted octanol–water partition coefficient (Wildman–Crippen LogP) is 2.66. The van der Waals surface area contributed by atoms with Crippen LogP contribution in [0.3, 0.4) is 0 Å². The first kappa shape index (κ1) is 13.4. The van der Waals surface area contributed by atoms with Crippen LogP contribution < -0.4 is 15.2 Å². The molecular formula is C14H16N2O2S. The van der Waals surface area contributed by atoms with E-state index in [2.05, 4.69) is 11.4 Å². The van der Waals surface area contributed by atoms with Crippen LogP contribution in [-0.2, 0) is 6.42 Å². The van der Waals surface area contributed by atoms with Crippen LogP contribution in [0.25, 0.3) is 0 Å². The highest BCUT2D eigenvalue weighted by molar-refractivity contribution is 7.09. The minimum absolute atomic E-state index is 0.0171. The molecule has 5 heteroatoms. The fourth-order valence-corrected chi connectivity index (χ4v) is 2.36. The van der Waals surface area contributed by atoms with Crippen LogP contribution in [0.5, 0.6) is 11.5 Å². The Kier molecular flexibility index (Phi) is 4.41. The van der Waals surface area contributed by atoms with Gasteiger partial charge in [-0.1, -0.05) is 6.07 Å². The molecule has 0 atom stereocenters. The molecule has 0 aliphatic carbocycles. The van der Waals surface area contributed by atoms with Crippen molar-refractivity contribution in [1.82, 2.24) is 0 Å². The summed E-state index contributed by atoms with van der Waals surface area (Å²) in [6.07, 6.45) is 0.870. The monoisotopic (exact) mass is 276 g/mol. The number of hydrogen-bond acceptors (Lipinski definition) is 4. The molecular weight excluding hydrogens is 260 g/mol. The van der Waals surface area contributed by atoms with E-state index in [1.54, 1.807) is 36.6 Å². The normalized spacial score (nSPS) is 10.2. The average molecular weight is 276 g/mol. The van der Waals surface area contributed by atoms with Crippen molar-refractivity contribution in [3.05, 3.63) is 46.2 Å². The molecule has 2 aromatic rings. The maximum Gasteiger partial charge on any atom is 0.161 e. The Labute approximate surface area is 116 Å². The molecule has 0 aliphatic heterocycles. The van der Waals surface area contributed by atoms with E-state index in [0.29, 0.717) is 23.7 Å². The molecule has 2 rings (SSSR count). The molecule has 1 heterocycles. The molecule has 0 spiro atoms. The van der Waals surface area contributed by atoms with Gasteiger partial charge in [-0.25, -0.2) is 0 Å². The van der Waals surface area contributed by atoms with Gasteiger partial charge in [0.05, 0.1) is 13.7 Å². The second-order valence-corrected chi connectivity index (χ2v) is 4.99. The summed E-state index contributed by atoms with van der Waals surface area (Å²) in [5.74, 6) is 1.28. The number of amidine groups is 1. The second kappa shape index (κ2) is 6.24. The van der Waals surface area contributed by atoms with E-state index in [-0.39, 0.29) is 5.84 Å². The summed E-state index contributed by atoms with van der Waals surface area (Å²) >= 11 is 1.72. The average Bonchev–Trinajstić information content (AvgIpc) is 2.92. The summed E-state index contributed by atoms with van der Waals surface area (Å²) in [7, 11) is 1.57. The predicted molar refractivity (Wildman–Crippen MR) is 77.5 cm³/mol. The molecule has 0 aliphatic rings. The SMILES string of the molecule is COc1cc(C(=N)N)ccc1OCCc1cccs1. The Morgan fingerprint density at radius 1 is 1.32 bits per heavy atom. The molecule has 0 unspecified atom stereocenters. The number of benzene rings is 1. The third-order valence-corrected chi connectivity index (χ3v) is 3.60. The first-order valence-electron chi connectivity index (χ1n) is 5.88. The number of methoxy groups -OCH3 is 1. The molecule has 1 aromatic heterocycles. The molecule has 100 valence electrons. The lowest BCUT2D eigenvalue weighted by atomic mass is 10.2. The third kappa shape index (κ3) is 3.48. The van der Waals surface area contributed by atoms with E-state index in [1.165, 1.54) is 4.88 Å². The molecule has 0 radical (unpaired) electrons. The Morgan fingerprint density at radius 3 is 2.79 bits per heavy atom. The van der Waals surface area contributed by atoms with Crippen molar-refractivity contribution in [3.8, 4) is 11.5 Å². The molecule has 0 bridgehead atoms. The highest BCUT2D eigenvalue weighted by Crippen LogP contribution is 2.28. The van der Waals surface area contributed by atoms with Gasteiger partial charge in [0, 0.05) is 16.9 Å². The Balaban J connectivity index is 2.01. The summed E-state index contributed by atoms with van der Waals surface area (Å²) in [5.41, 5.74) is 6.07. The lowest BCUT2D eigenvalue weighted by molar-refractivity contribution is 0.298. The quantitative estimate of drug-likeness (QED) is 0.629. The lowest BCUT2D eigenvalue weighted by Crippen LogP contribution is -2.11. The maximum atomic E-state index is 7.39. The van der Waals surface area contributed by atoms with Crippen LogP contribution in [0.4, 0.5) is 0 Å². The molecule has 0 amide bonds. The number of nitrogens with one attached hydrogen (secondary N) is 1. The molecule has 3 N–H and O–H groups in total. The highest BCUT2D eigenvalue weighted by Gasteiger charge is 2.07. The van der Waals surface area contributed by atoms with Gasteiger partial charge in [-0.05, 0) is 29.6 Å². The van der Waals surface area contributed by atoms with Crippen LogP contribution >= 0.6 is 11.3 Å². The standard InChI is InChI=1S/C14H16N2O2S/c1-17-13-9-10(14(15)16)4-5-12(13)18-7-6-11-3-2-8-19-11/h2-5,8-9H,6-7H2,1H3,(H3,15,16). The molecule has 0 saturated carbocycles. The zero-order valence-corrected chi connectivity index (χ0v) is 11.5. The summed E-state index contributed by atoms with van der Waals surface area (Å²) in [6, 6.07) is 9.37. The number of ether oxygens (including phenoxy) is 2. The summed E-state index contributed by atoms with van der Waals surface area (Å²) in [5, 5.41) is 9.45. The van der Waals surface area contributed by atoms with E-state index in [9.17, 15) is 0 Å². The molecule has 1 aromatic carbocycles. The number of thiophene rings is 1. The first-order valence-corrected chi connectivity index (χ1v) is 6.76. The van der Waals surface area contributed by atoms with Gasteiger partial charge in [-0.2, -0.15) is 0 Å². The van der Waals surface area contributed by atoms with Crippen LogP contribution in [0.1, 0.15) is 10.4 Å². The number of rotatable bonds is 6. The summed E-state index contributed by atoms with van der Waals surface area (Å²) in [4.78, 5) is 1.29. The van der Waals surface area contributed by atoms with Crippen molar-refractivity contribution in [2.45, 2.75) is 6.42 Å². The number of nitrogens with two attached hydrogens (primary N) is 1. The summed E-state index contributed by atoms with van der Waals surface area (Å²) < 4.78 is 11.0. The number of hydrogen-bond donors (Lipinski definition) is 2. The van der Waals surface area contributed by atoms with Gasteiger partial charge >= 0.3 is 0 Å². The molecule has 4 nitrogen and oxygen atoms in total. The zero-order chi connectivity index (χ0) is 13.7. The van der Waals surface area contributed by atoms with Crippen molar-refractivity contribution in [1.29, 1.82) is 5.41 Å². The fourth-order valence-electron chi connectivity index (χ4n) is 1.67. The van der Waals surface area contributed by atoms with Crippen LogP contribution in [0.2, 0.25) is 0 Å². The minimum Gasteiger partial charge on any atom is -0.493 e. The van der Waals surface area contributed by atoms with Gasteiger partial charge in [0.1, 0.15) is 5.84 Å². The highest BCUT2D eigenvalue weighted by atomic mass is 32.1. The summed E-state index contributed by atoms with van der Waals surface area (Å²) in [6.45, 7) is 0.594. The van der Waals surface area contributed by atoms with Gasteiger partial charge in [0.25, 0.3) is 0 Å². The van der Waals surface area contributed by atoms with Gasteiger partial charge in [-0.3, -0.25) is 5.41 Å². The van der Waals surface area contributed by atoms with Gasteiger partial charge < -0.3 is 15.2 Å². The topological polar surface area (TPSA) is 68.3 Å². The van der Waals surface area contributed by atoms with E-state index in [4.69, 9.17) is 20.6 Å². The van der Waals surface area contributed by atoms with Gasteiger partial charge in [0.15, 0.2) is 11.5 Å². The smallest absolute Gasteiger partial charge is 0.161 e. The van der Waals surface area contributed by atoms with E-state index >= 15 is 0 Å².